The molecule has 2 N–H and O–H groups in total. The molecule has 0 radical (unpaired) electrons. The van der Waals surface area contributed by atoms with Crippen molar-refractivity contribution in [3.05, 3.63) is 41.8 Å². The highest BCUT2D eigenvalue weighted by molar-refractivity contribution is 5.74. The van der Waals surface area contributed by atoms with Crippen LogP contribution in [0.4, 0.5) is 4.39 Å². The fourth-order valence-corrected chi connectivity index (χ4v) is 1.47. The lowest BCUT2D eigenvalue weighted by atomic mass is 10.1. The van der Waals surface area contributed by atoms with Crippen LogP contribution in [-0.4, -0.2) is 21.3 Å². The number of nitrogens with one attached hydrogen (secondary N) is 1. The van der Waals surface area contributed by atoms with Gasteiger partial charge < -0.3 is 5.11 Å². The summed E-state index contributed by atoms with van der Waals surface area (Å²) in [6, 6.07) is 5.80. The van der Waals surface area contributed by atoms with Crippen LogP contribution in [0.2, 0.25) is 0 Å². The van der Waals surface area contributed by atoms with Crippen molar-refractivity contribution >= 4 is 5.97 Å². The summed E-state index contributed by atoms with van der Waals surface area (Å²) in [4.78, 5) is 10.6. The number of hydrogen-bond donors (Lipinski definition) is 2. The molecule has 0 aliphatic heterocycles. The Morgan fingerprint density at radius 1 is 1.38 bits per heavy atom. The number of benzene rings is 1. The second-order valence-corrected chi connectivity index (χ2v) is 3.35. The summed E-state index contributed by atoms with van der Waals surface area (Å²) in [5.41, 5.74) is 1.91. The Hall–Kier alpha value is -2.17. The molecule has 16 heavy (non-hydrogen) atoms. The number of carboxylic acid groups (broad SMARTS) is 1. The maximum atomic E-state index is 12.7. The molecule has 0 aliphatic carbocycles. The largest absolute Gasteiger partial charge is 0.481 e. The van der Waals surface area contributed by atoms with Crippen molar-refractivity contribution in [3.63, 3.8) is 0 Å². The molecule has 0 amide bonds. The van der Waals surface area contributed by atoms with E-state index in [1.165, 1.54) is 18.3 Å². The van der Waals surface area contributed by atoms with Crippen LogP contribution in [0.15, 0.2) is 30.5 Å². The molecule has 1 aromatic carbocycles. The van der Waals surface area contributed by atoms with E-state index in [2.05, 4.69) is 10.2 Å². The molecule has 4 nitrogen and oxygen atoms in total. The first-order valence-electron chi connectivity index (χ1n) is 4.67. The quantitative estimate of drug-likeness (QED) is 0.829. The van der Waals surface area contributed by atoms with Crippen LogP contribution in [0.5, 0.6) is 0 Å². The third kappa shape index (κ3) is 2.08. The minimum Gasteiger partial charge on any atom is -0.481 e. The Morgan fingerprint density at radius 2 is 2.06 bits per heavy atom. The first kappa shape index (κ1) is 10.4. The van der Waals surface area contributed by atoms with Gasteiger partial charge in [0.2, 0.25) is 0 Å². The van der Waals surface area contributed by atoms with E-state index < -0.39 is 5.97 Å². The fourth-order valence-electron chi connectivity index (χ4n) is 1.47. The van der Waals surface area contributed by atoms with E-state index in [0.717, 1.165) is 5.56 Å². The summed E-state index contributed by atoms with van der Waals surface area (Å²) < 4.78 is 12.7. The number of aromatic amines is 1. The summed E-state index contributed by atoms with van der Waals surface area (Å²) in [6.07, 6.45) is 1.36. The van der Waals surface area contributed by atoms with Crippen molar-refractivity contribution in [2.24, 2.45) is 0 Å². The minimum absolute atomic E-state index is 0.108. The Labute approximate surface area is 90.7 Å². The van der Waals surface area contributed by atoms with Crippen molar-refractivity contribution in [2.75, 3.05) is 0 Å². The van der Waals surface area contributed by atoms with Gasteiger partial charge in [-0.2, -0.15) is 5.10 Å². The van der Waals surface area contributed by atoms with Crippen molar-refractivity contribution in [2.45, 2.75) is 6.42 Å². The van der Waals surface area contributed by atoms with Gasteiger partial charge in [0.15, 0.2) is 0 Å². The summed E-state index contributed by atoms with van der Waals surface area (Å²) in [6.45, 7) is 0. The van der Waals surface area contributed by atoms with Crippen molar-refractivity contribution in [3.8, 4) is 11.3 Å². The topological polar surface area (TPSA) is 66.0 Å². The molecular formula is C11H9FN2O2. The van der Waals surface area contributed by atoms with Gasteiger partial charge in [0.05, 0.1) is 18.3 Å². The van der Waals surface area contributed by atoms with E-state index >= 15 is 0 Å². The van der Waals surface area contributed by atoms with Crippen LogP contribution >= 0.6 is 0 Å². The van der Waals surface area contributed by atoms with Crippen molar-refractivity contribution < 1.29 is 14.3 Å². The molecule has 1 heterocycles. The third-order valence-electron chi connectivity index (χ3n) is 2.19. The van der Waals surface area contributed by atoms with Crippen LogP contribution in [-0.2, 0) is 11.2 Å². The normalized spacial score (nSPS) is 10.3. The SMILES string of the molecule is O=C(O)Cc1cn[nH]c1-c1ccc(F)cc1. The average Bonchev–Trinajstić information content (AvgIpc) is 2.66. The molecule has 2 rings (SSSR count). The van der Waals surface area contributed by atoms with Gasteiger partial charge in [-0.25, -0.2) is 4.39 Å². The van der Waals surface area contributed by atoms with E-state index in [1.807, 2.05) is 0 Å². The Bertz CT molecular complexity index is 505. The number of H-pyrrole nitrogens is 1. The first-order valence-corrected chi connectivity index (χ1v) is 4.67. The second kappa shape index (κ2) is 4.14. The maximum Gasteiger partial charge on any atom is 0.307 e. The lowest BCUT2D eigenvalue weighted by Crippen LogP contribution is -2.00. The minimum atomic E-state index is -0.926. The molecule has 0 saturated carbocycles. The molecule has 1 aromatic heterocycles. The molecule has 0 fully saturated rings. The zero-order chi connectivity index (χ0) is 11.5. The number of hydrogen-bond acceptors (Lipinski definition) is 2. The number of carbonyl (C=O) groups is 1. The molecule has 5 heteroatoms. The standard InChI is InChI=1S/C11H9FN2O2/c12-9-3-1-7(2-4-9)11-8(5-10(15)16)6-13-14-11/h1-4,6H,5H2,(H,13,14)(H,15,16). The van der Waals surface area contributed by atoms with Crippen LogP contribution < -0.4 is 0 Å². The molecule has 2 aromatic rings. The summed E-state index contributed by atoms with van der Waals surface area (Å²) in [5.74, 6) is -1.26. The Morgan fingerprint density at radius 3 is 2.69 bits per heavy atom. The van der Waals surface area contributed by atoms with Crippen molar-refractivity contribution in [1.82, 2.24) is 10.2 Å². The second-order valence-electron chi connectivity index (χ2n) is 3.35. The van der Waals surface area contributed by atoms with Crippen LogP contribution in [0, 0.1) is 5.82 Å². The maximum absolute atomic E-state index is 12.7. The molecule has 0 saturated heterocycles. The lowest BCUT2D eigenvalue weighted by Gasteiger charge is -2.00. The highest BCUT2D eigenvalue weighted by Gasteiger charge is 2.10. The third-order valence-corrected chi connectivity index (χ3v) is 2.19. The number of aromatic nitrogens is 2. The van der Waals surface area contributed by atoms with Crippen LogP contribution in [0.3, 0.4) is 0 Å². The number of rotatable bonds is 3. The fraction of sp³-hybridized carbons (Fsp3) is 0.0909. The average molecular weight is 220 g/mol. The van der Waals surface area contributed by atoms with E-state index in [-0.39, 0.29) is 12.2 Å². The van der Waals surface area contributed by atoms with Gasteiger partial charge in [0.25, 0.3) is 0 Å². The van der Waals surface area contributed by atoms with Crippen LogP contribution in [0.1, 0.15) is 5.56 Å². The summed E-state index contributed by atoms with van der Waals surface area (Å²) >= 11 is 0. The predicted octanol–water partition coefficient (Wildman–Crippen LogP) is 1.84. The van der Waals surface area contributed by atoms with Gasteiger partial charge in [-0.1, -0.05) is 0 Å². The number of aliphatic carboxylic acids is 1. The highest BCUT2D eigenvalue weighted by atomic mass is 19.1. The molecule has 0 unspecified atom stereocenters. The molecular weight excluding hydrogens is 211 g/mol. The molecule has 0 bridgehead atoms. The number of nitrogens with zero attached hydrogens (tertiary/aromatic N) is 1. The lowest BCUT2D eigenvalue weighted by molar-refractivity contribution is -0.136. The summed E-state index contributed by atoms with van der Waals surface area (Å²) in [7, 11) is 0. The van der Waals surface area contributed by atoms with Gasteiger partial charge in [-0.05, 0) is 24.3 Å². The monoisotopic (exact) mass is 220 g/mol. The summed E-state index contributed by atoms with van der Waals surface area (Å²) in [5, 5.41) is 15.2. The van der Waals surface area contributed by atoms with E-state index in [0.29, 0.717) is 11.3 Å². The van der Waals surface area contributed by atoms with Gasteiger partial charge >= 0.3 is 5.97 Å². The zero-order valence-electron chi connectivity index (χ0n) is 8.27. The van der Waals surface area contributed by atoms with Crippen molar-refractivity contribution in [1.29, 1.82) is 0 Å². The predicted molar refractivity (Wildman–Crippen MR) is 55.3 cm³/mol. The molecule has 0 spiro atoms. The number of carboxylic acids is 1. The Kier molecular flexibility index (Phi) is 2.68. The van der Waals surface area contributed by atoms with Crippen LogP contribution in [0.25, 0.3) is 11.3 Å². The van der Waals surface area contributed by atoms with E-state index in [4.69, 9.17) is 5.11 Å². The zero-order valence-corrected chi connectivity index (χ0v) is 8.27. The number of halogens is 1. The molecule has 0 aliphatic rings. The van der Waals surface area contributed by atoms with Gasteiger partial charge in [0, 0.05) is 11.1 Å². The molecule has 0 atom stereocenters. The van der Waals surface area contributed by atoms with Gasteiger partial charge in [0.1, 0.15) is 5.82 Å². The van der Waals surface area contributed by atoms with Gasteiger partial charge in [-0.3, -0.25) is 9.89 Å². The Balaban J connectivity index is 2.36. The van der Waals surface area contributed by atoms with E-state index in [1.54, 1.807) is 12.1 Å². The van der Waals surface area contributed by atoms with Gasteiger partial charge in [-0.15, -0.1) is 0 Å². The molecule has 82 valence electrons. The highest BCUT2D eigenvalue weighted by Crippen LogP contribution is 2.21. The van der Waals surface area contributed by atoms with E-state index in [9.17, 15) is 9.18 Å². The first-order chi connectivity index (χ1) is 7.66. The smallest absolute Gasteiger partial charge is 0.307 e.